The van der Waals surface area contributed by atoms with Crippen molar-refractivity contribution in [2.45, 2.75) is 86.5 Å². The molecular formula is C26H44N2OS. The summed E-state index contributed by atoms with van der Waals surface area (Å²) in [6.07, 6.45) is 3.68. The number of hydrogen-bond donors (Lipinski definition) is 0. The molecule has 0 atom stereocenters. The number of aliphatic imine (C=N–C) groups is 1. The number of thioether (sulfide) groups is 1. The molecule has 1 aliphatic heterocycles. The SMILES string of the molecule is CCC1CCN(C(C)=O)CC1.CCSc1ccc(C)c(N=C(C(C)C)C(C)(C)C)c1. The molecule has 1 aromatic carbocycles. The lowest BCUT2D eigenvalue weighted by molar-refractivity contribution is -0.130. The molecule has 0 unspecified atom stereocenters. The van der Waals surface area contributed by atoms with E-state index < -0.39 is 0 Å². The molecule has 1 amide bonds. The number of carbonyl (C=O) groups excluding carboxylic acids is 1. The second-order valence-electron chi connectivity index (χ2n) is 9.64. The summed E-state index contributed by atoms with van der Waals surface area (Å²) in [5.41, 5.74) is 3.77. The average molecular weight is 433 g/mol. The summed E-state index contributed by atoms with van der Waals surface area (Å²) in [5, 5.41) is 0. The van der Waals surface area contributed by atoms with Crippen LogP contribution in [0.2, 0.25) is 0 Å². The summed E-state index contributed by atoms with van der Waals surface area (Å²) in [7, 11) is 0. The van der Waals surface area contributed by atoms with E-state index >= 15 is 0 Å². The van der Waals surface area contributed by atoms with Crippen LogP contribution in [-0.4, -0.2) is 35.4 Å². The van der Waals surface area contributed by atoms with Gasteiger partial charge in [0.1, 0.15) is 0 Å². The number of likely N-dealkylation sites (tertiary alicyclic amines) is 1. The molecule has 0 radical (unpaired) electrons. The van der Waals surface area contributed by atoms with E-state index in [1.54, 1.807) is 6.92 Å². The van der Waals surface area contributed by atoms with Gasteiger partial charge in [0.05, 0.1) is 5.69 Å². The topological polar surface area (TPSA) is 32.7 Å². The Morgan fingerprint density at radius 2 is 1.80 bits per heavy atom. The van der Waals surface area contributed by atoms with Gasteiger partial charge < -0.3 is 4.90 Å². The van der Waals surface area contributed by atoms with Crippen LogP contribution in [0.4, 0.5) is 5.69 Å². The van der Waals surface area contributed by atoms with Gasteiger partial charge in [-0.05, 0) is 55.1 Å². The molecule has 2 rings (SSSR count). The van der Waals surface area contributed by atoms with Crippen LogP contribution in [0.25, 0.3) is 0 Å². The van der Waals surface area contributed by atoms with Crippen LogP contribution in [0, 0.1) is 24.2 Å². The lowest BCUT2D eigenvalue weighted by Gasteiger charge is -2.30. The minimum absolute atomic E-state index is 0.120. The highest BCUT2D eigenvalue weighted by Gasteiger charge is 2.22. The molecule has 3 nitrogen and oxygen atoms in total. The molecule has 1 aliphatic rings. The predicted octanol–water partition coefficient (Wildman–Crippen LogP) is 7.54. The summed E-state index contributed by atoms with van der Waals surface area (Å²) in [5.74, 6) is 2.68. The second-order valence-corrected chi connectivity index (χ2v) is 11.0. The van der Waals surface area contributed by atoms with Crippen molar-refractivity contribution in [2.75, 3.05) is 18.8 Å². The quantitative estimate of drug-likeness (QED) is 0.356. The van der Waals surface area contributed by atoms with E-state index in [1.807, 2.05) is 16.7 Å². The Balaban J connectivity index is 0.000000346. The highest BCUT2D eigenvalue weighted by molar-refractivity contribution is 7.99. The van der Waals surface area contributed by atoms with Crippen molar-refractivity contribution in [3.8, 4) is 0 Å². The molecule has 0 bridgehead atoms. The van der Waals surface area contributed by atoms with E-state index in [9.17, 15) is 4.79 Å². The van der Waals surface area contributed by atoms with E-state index in [2.05, 4.69) is 73.6 Å². The molecule has 0 aromatic heterocycles. The largest absolute Gasteiger partial charge is 0.343 e. The van der Waals surface area contributed by atoms with Crippen LogP contribution < -0.4 is 0 Å². The number of hydrogen-bond acceptors (Lipinski definition) is 3. The first-order chi connectivity index (χ1) is 14.0. The molecule has 0 saturated carbocycles. The maximum atomic E-state index is 10.9. The molecule has 0 spiro atoms. The summed E-state index contributed by atoms with van der Waals surface area (Å²) in [6.45, 7) is 21.3. The first kappa shape index (κ1) is 26.7. The predicted molar refractivity (Wildman–Crippen MR) is 134 cm³/mol. The van der Waals surface area contributed by atoms with Crippen molar-refractivity contribution >= 4 is 29.1 Å². The zero-order chi connectivity index (χ0) is 22.9. The number of rotatable bonds is 5. The molecule has 30 heavy (non-hydrogen) atoms. The number of amides is 1. The van der Waals surface area contributed by atoms with Crippen LogP contribution in [0.5, 0.6) is 0 Å². The number of carbonyl (C=O) groups is 1. The monoisotopic (exact) mass is 432 g/mol. The lowest BCUT2D eigenvalue weighted by atomic mass is 9.83. The summed E-state index contributed by atoms with van der Waals surface area (Å²) in [6, 6.07) is 6.59. The fourth-order valence-electron chi connectivity index (χ4n) is 3.91. The van der Waals surface area contributed by atoms with Gasteiger partial charge in [-0.1, -0.05) is 61.0 Å². The second kappa shape index (κ2) is 12.5. The zero-order valence-corrected chi connectivity index (χ0v) is 21.7. The van der Waals surface area contributed by atoms with Gasteiger partial charge in [-0.3, -0.25) is 9.79 Å². The number of aryl methyl sites for hydroxylation is 1. The number of benzene rings is 1. The molecule has 1 saturated heterocycles. The van der Waals surface area contributed by atoms with Gasteiger partial charge >= 0.3 is 0 Å². The molecule has 1 heterocycles. The molecule has 0 aliphatic carbocycles. The number of piperidine rings is 1. The van der Waals surface area contributed by atoms with Crippen molar-refractivity contribution in [1.82, 2.24) is 4.90 Å². The van der Waals surface area contributed by atoms with Crippen molar-refractivity contribution in [2.24, 2.45) is 22.2 Å². The molecule has 0 N–H and O–H groups in total. The fourth-order valence-corrected chi connectivity index (χ4v) is 4.61. The van der Waals surface area contributed by atoms with E-state index in [0.29, 0.717) is 5.92 Å². The van der Waals surface area contributed by atoms with E-state index in [-0.39, 0.29) is 11.3 Å². The zero-order valence-electron chi connectivity index (χ0n) is 20.8. The van der Waals surface area contributed by atoms with Gasteiger partial charge in [0, 0.05) is 36.0 Å². The maximum Gasteiger partial charge on any atom is 0.219 e. The lowest BCUT2D eigenvalue weighted by Crippen LogP contribution is -2.36. The minimum atomic E-state index is 0.120. The third-order valence-electron chi connectivity index (χ3n) is 5.69. The van der Waals surface area contributed by atoms with Gasteiger partial charge in [0.25, 0.3) is 0 Å². The molecule has 170 valence electrons. The average Bonchev–Trinajstić information content (AvgIpc) is 2.67. The Hall–Kier alpha value is -1.29. The Morgan fingerprint density at radius 1 is 1.20 bits per heavy atom. The third kappa shape index (κ3) is 8.83. The summed E-state index contributed by atoms with van der Waals surface area (Å²) in [4.78, 5) is 19.2. The van der Waals surface area contributed by atoms with Gasteiger partial charge in [-0.15, -0.1) is 11.8 Å². The number of nitrogens with zero attached hydrogens (tertiary/aromatic N) is 2. The van der Waals surface area contributed by atoms with Gasteiger partial charge in [-0.25, -0.2) is 0 Å². The van der Waals surface area contributed by atoms with Crippen molar-refractivity contribution < 1.29 is 4.79 Å². The van der Waals surface area contributed by atoms with Gasteiger partial charge in [-0.2, -0.15) is 0 Å². The van der Waals surface area contributed by atoms with Crippen molar-refractivity contribution in [3.05, 3.63) is 23.8 Å². The van der Waals surface area contributed by atoms with E-state index in [4.69, 9.17) is 4.99 Å². The smallest absolute Gasteiger partial charge is 0.219 e. The Kier molecular flexibility index (Phi) is 11.2. The Labute approximate surface area is 190 Å². The highest BCUT2D eigenvalue weighted by Crippen LogP contribution is 2.30. The van der Waals surface area contributed by atoms with Crippen LogP contribution in [0.3, 0.4) is 0 Å². The van der Waals surface area contributed by atoms with Crippen molar-refractivity contribution in [1.29, 1.82) is 0 Å². The summed E-state index contributed by atoms with van der Waals surface area (Å²) >= 11 is 1.87. The molecule has 4 heteroatoms. The van der Waals surface area contributed by atoms with Gasteiger partial charge in [0.15, 0.2) is 0 Å². The first-order valence-electron chi connectivity index (χ1n) is 11.6. The van der Waals surface area contributed by atoms with Crippen LogP contribution in [0.15, 0.2) is 28.1 Å². The van der Waals surface area contributed by atoms with Crippen LogP contribution in [-0.2, 0) is 4.79 Å². The fraction of sp³-hybridized carbons (Fsp3) is 0.692. The van der Waals surface area contributed by atoms with Gasteiger partial charge in [0.2, 0.25) is 5.91 Å². The van der Waals surface area contributed by atoms with E-state index in [0.717, 1.165) is 30.4 Å². The first-order valence-corrected chi connectivity index (χ1v) is 12.6. The van der Waals surface area contributed by atoms with Crippen molar-refractivity contribution in [3.63, 3.8) is 0 Å². The third-order valence-corrected chi connectivity index (χ3v) is 6.56. The standard InChI is InChI=1S/C17H27NS.C9H17NO/c1-8-19-14-10-9-13(4)15(11-14)18-16(12(2)3)17(5,6)7;1-3-9-4-6-10(7-5-9)8(2)11/h9-12H,8H2,1-7H3;9H,3-7H2,1-2H3. The normalized spacial score (nSPS) is 15.8. The maximum absolute atomic E-state index is 10.9. The minimum Gasteiger partial charge on any atom is -0.343 e. The van der Waals surface area contributed by atoms with Crippen LogP contribution in [0.1, 0.15) is 80.2 Å². The van der Waals surface area contributed by atoms with Crippen LogP contribution >= 0.6 is 11.8 Å². The molecule has 1 aromatic rings. The van der Waals surface area contributed by atoms with E-state index in [1.165, 1.54) is 35.4 Å². The molecule has 1 fully saturated rings. The molecular weight excluding hydrogens is 388 g/mol. The Bertz CT molecular complexity index is 695. The Morgan fingerprint density at radius 3 is 2.23 bits per heavy atom. The highest BCUT2D eigenvalue weighted by atomic mass is 32.2. The summed E-state index contributed by atoms with van der Waals surface area (Å²) < 4.78 is 0.